The first-order chi connectivity index (χ1) is 14.4. The maximum atomic E-state index is 12.3. The highest BCUT2D eigenvalue weighted by molar-refractivity contribution is 5.78. The van der Waals surface area contributed by atoms with Crippen LogP contribution in [0.4, 0.5) is 0 Å². The van der Waals surface area contributed by atoms with Crippen molar-refractivity contribution >= 4 is 5.78 Å². The lowest BCUT2D eigenvalue weighted by atomic mass is 9.79. The zero-order valence-electron chi connectivity index (χ0n) is 18.9. The van der Waals surface area contributed by atoms with Crippen LogP contribution in [0.2, 0.25) is 0 Å². The van der Waals surface area contributed by atoms with Crippen LogP contribution in [0.15, 0.2) is 60.7 Å². The van der Waals surface area contributed by atoms with Gasteiger partial charge in [0.2, 0.25) is 0 Å². The first-order valence-corrected chi connectivity index (χ1v) is 11.2. The molecule has 0 spiro atoms. The minimum atomic E-state index is -0.295. The molecule has 1 N–H and O–H groups in total. The molecule has 0 radical (unpaired) electrons. The minimum Gasteiger partial charge on any atom is -0.395 e. The van der Waals surface area contributed by atoms with E-state index in [-0.39, 0.29) is 17.6 Å². The third-order valence-electron chi connectivity index (χ3n) is 6.45. The molecule has 0 aromatic heterocycles. The predicted molar refractivity (Wildman–Crippen MR) is 124 cm³/mol. The third kappa shape index (κ3) is 7.07. The van der Waals surface area contributed by atoms with Gasteiger partial charge in [0.1, 0.15) is 5.78 Å². The summed E-state index contributed by atoms with van der Waals surface area (Å²) < 4.78 is 5.78. The van der Waals surface area contributed by atoms with Gasteiger partial charge in [-0.15, -0.1) is 0 Å². The molecule has 2 atom stereocenters. The Kier molecular flexibility index (Phi) is 9.74. The Bertz CT molecular complexity index is 680. The zero-order valence-corrected chi connectivity index (χ0v) is 18.9. The lowest BCUT2D eigenvalue weighted by molar-refractivity contribution is -0.119. The van der Waals surface area contributed by atoms with Gasteiger partial charge in [0.15, 0.2) is 0 Å². The highest BCUT2D eigenvalue weighted by Crippen LogP contribution is 2.31. The molecule has 0 heterocycles. The predicted octanol–water partition coefficient (Wildman–Crippen LogP) is 6.19. The van der Waals surface area contributed by atoms with E-state index in [1.54, 1.807) is 7.11 Å². The van der Waals surface area contributed by atoms with Crippen molar-refractivity contribution in [2.45, 2.75) is 76.2 Å². The number of hydrogen-bond donors (Lipinski definition) is 1. The average Bonchev–Trinajstić information content (AvgIpc) is 2.80. The van der Waals surface area contributed by atoms with Crippen LogP contribution >= 0.6 is 0 Å². The first kappa shape index (κ1) is 24.3. The first-order valence-electron chi connectivity index (χ1n) is 11.2. The van der Waals surface area contributed by atoms with Crippen molar-refractivity contribution < 1.29 is 14.6 Å². The van der Waals surface area contributed by atoms with Crippen molar-refractivity contribution in [1.82, 2.24) is 0 Å². The molecule has 2 rings (SSSR count). The quantitative estimate of drug-likeness (QED) is 0.378. The van der Waals surface area contributed by atoms with Crippen LogP contribution in [0.1, 0.15) is 76.3 Å². The van der Waals surface area contributed by atoms with Crippen LogP contribution in [0.25, 0.3) is 0 Å². The van der Waals surface area contributed by atoms with Gasteiger partial charge < -0.3 is 9.84 Å². The fourth-order valence-electron chi connectivity index (χ4n) is 4.06. The Balaban J connectivity index is 1.67. The minimum absolute atomic E-state index is 0.130. The summed E-state index contributed by atoms with van der Waals surface area (Å²) in [6.07, 6.45) is 6.80. The number of unbranched alkanes of at least 4 members (excludes halogenated alkanes) is 2. The highest BCUT2D eigenvalue weighted by Gasteiger charge is 2.26. The molecule has 2 unspecified atom stereocenters. The summed E-state index contributed by atoms with van der Waals surface area (Å²) in [5, 5.41) is 9.88. The van der Waals surface area contributed by atoms with Crippen molar-refractivity contribution in [3.8, 4) is 0 Å². The monoisotopic (exact) mass is 410 g/mol. The number of carbonyl (C=O) groups excluding carboxylic acids is 1. The van der Waals surface area contributed by atoms with E-state index in [4.69, 9.17) is 4.74 Å². The van der Waals surface area contributed by atoms with Gasteiger partial charge in [-0.25, -0.2) is 0 Å². The Hall–Kier alpha value is -1.97. The molecular weight excluding hydrogens is 372 g/mol. The number of methoxy groups -OCH3 is 1. The van der Waals surface area contributed by atoms with E-state index >= 15 is 0 Å². The number of rotatable bonds is 14. The molecule has 0 bridgehead atoms. The molecule has 0 aliphatic heterocycles. The van der Waals surface area contributed by atoms with E-state index in [0.717, 1.165) is 38.5 Å². The molecule has 0 amide bonds. The summed E-state index contributed by atoms with van der Waals surface area (Å²) in [5.74, 6) is 0.347. The maximum absolute atomic E-state index is 12.3. The maximum Gasteiger partial charge on any atom is 0.132 e. The van der Waals surface area contributed by atoms with Crippen molar-refractivity contribution in [3.05, 3.63) is 71.8 Å². The topological polar surface area (TPSA) is 46.5 Å². The molecule has 2 aromatic carbocycles. The average molecular weight is 411 g/mol. The van der Waals surface area contributed by atoms with Crippen molar-refractivity contribution in [2.75, 3.05) is 13.7 Å². The standard InChI is InChI=1S/C27H38O3/c1-26(22-28,23-14-6-4-7-15-23)20-12-10-18-25(29)19-11-13-21-27(2,30-3)24-16-8-5-9-17-24/h4-9,14-17,28H,10-13,18-22H2,1-3H3. The lowest BCUT2D eigenvalue weighted by Gasteiger charge is -2.29. The van der Waals surface area contributed by atoms with Crippen LogP contribution in [0.3, 0.4) is 0 Å². The molecule has 164 valence electrons. The molecule has 3 nitrogen and oxygen atoms in total. The van der Waals surface area contributed by atoms with Crippen LogP contribution in [-0.2, 0) is 20.5 Å². The van der Waals surface area contributed by atoms with Crippen LogP contribution in [-0.4, -0.2) is 24.6 Å². The van der Waals surface area contributed by atoms with Gasteiger partial charge in [-0.05, 0) is 50.2 Å². The second kappa shape index (κ2) is 12.0. The lowest BCUT2D eigenvalue weighted by Crippen LogP contribution is -2.26. The van der Waals surface area contributed by atoms with E-state index < -0.39 is 0 Å². The normalized spacial score (nSPS) is 15.3. The van der Waals surface area contributed by atoms with Crippen LogP contribution < -0.4 is 0 Å². The van der Waals surface area contributed by atoms with Gasteiger partial charge in [0.25, 0.3) is 0 Å². The molecule has 3 heteroatoms. The number of aliphatic hydroxyl groups excluding tert-OH is 1. The summed E-state index contributed by atoms with van der Waals surface area (Å²) in [6, 6.07) is 20.5. The number of benzene rings is 2. The number of aliphatic hydroxyl groups is 1. The molecule has 0 aliphatic rings. The molecule has 0 aliphatic carbocycles. The second-order valence-corrected chi connectivity index (χ2v) is 8.84. The third-order valence-corrected chi connectivity index (χ3v) is 6.45. The van der Waals surface area contributed by atoms with Gasteiger partial charge in [-0.1, -0.05) is 74.0 Å². The molecule has 30 heavy (non-hydrogen) atoms. The molecule has 0 saturated carbocycles. The summed E-state index contributed by atoms with van der Waals surface area (Å²) in [4.78, 5) is 12.3. The number of ketones is 1. The van der Waals surface area contributed by atoms with E-state index in [1.165, 1.54) is 11.1 Å². The summed E-state index contributed by atoms with van der Waals surface area (Å²) >= 11 is 0. The summed E-state index contributed by atoms with van der Waals surface area (Å²) in [7, 11) is 1.76. The Labute approximate surface area is 182 Å². The number of carbonyl (C=O) groups is 1. The van der Waals surface area contributed by atoms with Gasteiger partial charge in [0, 0.05) is 25.4 Å². The van der Waals surface area contributed by atoms with E-state index in [1.807, 2.05) is 36.4 Å². The van der Waals surface area contributed by atoms with Gasteiger partial charge in [-0.2, -0.15) is 0 Å². The molecule has 0 fully saturated rings. The fourth-order valence-corrected chi connectivity index (χ4v) is 4.06. The molecule has 0 saturated heterocycles. The Morgan fingerprint density at radius 3 is 1.80 bits per heavy atom. The fraction of sp³-hybridized carbons (Fsp3) is 0.519. The highest BCUT2D eigenvalue weighted by atomic mass is 16.5. The van der Waals surface area contributed by atoms with E-state index in [0.29, 0.717) is 18.6 Å². The largest absolute Gasteiger partial charge is 0.395 e. The summed E-state index contributed by atoms with van der Waals surface area (Å²) in [5.41, 5.74) is 1.82. The van der Waals surface area contributed by atoms with Gasteiger partial charge >= 0.3 is 0 Å². The Morgan fingerprint density at radius 2 is 1.30 bits per heavy atom. The van der Waals surface area contributed by atoms with Crippen LogP contribution in [0, 0.1) is 0 Å². The Morgan fingerprint density at radius 1 is 0.800 bits per heavy atom. The number of ether oxygens (including phenoxy) is 1. The number of Topliss-reactive ketones (excluding diaryl/α,β-unsaturated/α-hetero) is 1. The zero-order chi connectivity index (χ0) is 21.9. The molecule has 2 aromatic rings. The van der Waals surface area contributed by atoms with Gasteiger partial charge in [0.05, 0.1) is 12.2 Å². The van der Waals surface area contributed by atoms with E-state index in [9.17, 15) is 9.90 Å². The van der Waals surface area contributed by atoms with E-state index in [2.05, 4.69) is 38.1 Å². The summed E-state index contributed by atoms with van der Waals surface area (Å²) in [6.45, 7) is 4.35. The second-order valence-electron chi connectivity index (χ2n) is 8.84. The smallest absolute Gasteiger partial charge is 0.132 e. The van der Waals surface area contributed by atoms with Crippen molar-refractivity contribution in [2.24, 2.45) is 0 Å². The molecular formula is C27H38O3. The van der Waals surface area contributed by atoms with Crippen molar-refractivity contribution in [3.63, 3.8) is 0 Å². The number of hydrogen-bond acceptors (Lipinski definition) is 3. The SMILES string of the molecule is COC(C)(CCCCC(=O)CCCCC(C)(CO)c1ccccc1)c1ccccc1. The van der Waals surface area contributed by atoms with Gasteiger partial charge in [-0.3, -0.25) is 4.79 Å². The van der Waals surface area contributed by atoms with Crippen LogP contribution in [0.5, 0.6) is 0 Å². The van der Waals surface area contributed by atoms with Crippen molar-refractivity contribution in [1.29, 1.82) is 0 Å².